The summed E-state index contributed by atoms with van der Waals surface area (Å²) >= 11 is 1.48. The third kappa shape index (κ3) is 5.01. The molecule has 1 N–H and O–H groups in total. The van der Waals surface area contributed by atoms with Crippen LogP contribution in [0.15, 0.2) is 53.6 Å². The van der Waals surface area contributed by atoms with E-state index in [9.17, 15) is 9.59 Å². The predicted octanol–water partition coefficient (Wildman–Crippen LogP) is 4.40. The lowest BCUT2D eigenvalue weighted by Crippen LogP contribution is -2.39. The Balaban J connectivity index is 1.24. The van der Waals surface area contributed by atoms with E-state index in [1.807, 2.05) is 52.1 Å². The standard InChI is InChI=1S/C26H29N3O4S/c1-18-8-10-28(11-9-18)26(31)16-29-15-24(20-4-2-3-5-21(20)29)34-17-25(30)27-19-6-7-22-23(14-19)33-13-12-32-22/h2-7,14-15,18H,8-13,16-17H2,1H3,(H,27,30). The Bertz CT molecular complexity index is 1200. The number of carbonyl (C=O) groups is 2. The highest BCUT2D eigenvalue weighted by Gasteiger charge is 2.21. The van der Waals surface area contributed by atoms with Gasteiger partial charge in [0.1, 0.15) is 19.8 Å². The second kappa shape index (κ2) is 10.0. The van der Waals surface area contributed by atoms with Crippen molar-refractivity contribution < 1.29 is 19.1 Å². The predicted molar refractivity (Wildman–Crippen MR) is 134 cm³/mol. The summed E-state index contributed by atoms with van der Waals surface area (Å²) in [6.07, 6.45) is 4.13. The van der Waals surface area contributed by atoms with Crippen LogP contribution in [-0.2, 0) is 16.1 Å². The van der Waals surface area contributed by atoms with Crippen molar-refractivity contribution in [3.8, 4) is 11.5 Å². The first-order valence-electron chi connectivity index (χ1n) is 11.7. The molecule has 34 heavy (non-hydrogen) atoms. The zero-order chi connectivity index (χ0) is 23.5. The Labute approximate surface area is 203 Å². The lowest BCUT2D eigenvalue weighted by atomic mass is 9.99. The van der Waals surface area contributed by atoms with Gasteiger partial charge in [-0.25, -0.2) is 0 Å². The monoisotopic (exact) mass is 479 g/mol. The molecule has 1 aromatic heterocycles. The van der Waals surface area contributed by atoms with Gasteiger partial charge in [0.15, 0.2) is 11.5 Å². The van der Waals surface area contributed by atoms with Crippen LogP contribution in [-0.4, -0.2) is 53.3 Å². The fraction of sp³-hybridized carbons (Fsp3) is 0.385. The van der Waals surface area contributed by atoms with Crippen LogP contribution in [0, 0.1) is 5.92 Å². The number of thioether (sulfide) groups is 1. The Morgan fingerprint density at radius 1 is 1.06 bits per heavy atom. The first-order valence-corrected chi connectivity index (χ1v) is 12.7. The minimum atomic E-state index is -0.1000. The number of fused-ring (bicyclic) bond motifs is 2. The zero-order valence-electron chi connectivity index (χ0n) is 19.3. The number of ether oxygens (including phenoxy) is 2. The molecule has 2 amide bonds. The van der Waals surface area contributed by atoms with E-state index in [0.717, 1.165) is 41.7 Å². The molecule has 0 spiro atoms. The average molecular weight is 480 g/mol. The van der Waals surface area contributed by atoms with Gasteiger partial charge in [-0.1, -0.05) is 25.1 Å². The summed E-state index contributed by atoms with van der Waals surface area (Å²) in [5.74, 6) is 2.35. The molecule has 7 nitrogen and oxygen atoms in total. The molecule has 0 unspecified atom stereocenters. The fourth-order valence-electron chi connectivity index (χ4n) is 4.42. The largest absolute Gasteiger partial charge is 0.486 e. The number of aromatic nitrogens is 1. The number of anilines is 1. The third-order valence-corrected chi connectivity index (χ3v) is 7.42. The molecule has 1 fully saturated rings. The maximum Gasteiger partial charge on any atom is 0.242 e. The minimum absolute atomic E-state index is 0.1000. The van der Waals surface area contributed by atoms with Gasteiger partial charge in [-0.3, -0.25) is 9.59 Å². The van der Waals surface area contributed by atoms with Crippen LogP contribution in [0.25, 0.3) is 10.9 Å². The first-order chi connectivity index (χ1) is 16.6. The average Bonchev–Trinajstić information content (AvgIpc) is 3.20. The number of nitrogens with one attached hydrogen (secondary N) is 1. The molecule has 8 heteroatoms. The van der Waals surface area contributed by atoms with Gasteiger partial charge in [0.25, 0.3) is 0 Å². The number of likely N-dealkylation sites (tertiary alicyclic amines) is 1. The van der Waals surface area contributed by atoms with Gasteiger partial charge in [0.05, 0.1) is 5.75 Å². The summed E-state index contributed by atoms with van der Waals surface area (Å²) in [7, 11) is 0. The summed E-state index contributed by atoms with van der Waals surface area (Å²) in [5.41, 5.74) is 1.69. The van der Waals surface area contributed by atoms with Crippen molar-refractivity contribution in [2.24, 2.45) is 5.92 Å². The number of benzene rings is 2. The van der Waals surface area contributed by atoms with E-state index in [2.05, 4.69) is 12.2 Å². The third-order valence-electron chi connectivity index (χ3n) is 6.38. The van der Waals surface area contributed by atoms with E-state index >= 15 is 0 Å². The molecule has 0 radical (unpaired) electrons. The second-order valence-corrected chi connectivity index (χ2v) is 9.91. The van der Waals surface area contributed by atoms with Gasteiger partial charge < -0.3 is 24.3 Å². The lowest BCUT2D eigenvalue weighted by molar-refractivity contribution is -0.133. The molecule has 0 bridgehead atoms. The second-order valence-electron chi connectivity index (χ2n) is 8.90. The quantitative estimate of drug-likeness (QED) is 0.531. The molecule has 0 aliphatic carbocycles. The fourth-order valence-corrected chi connectivity index (χ4v) is 5.31. The van der Waals surface area contributed by atoms with Crippen molar-refractivity contribution in [2.45, 2.75) is 31.2 Å². The molecular formula is C26H29N3O4S. The number of nitrogens with zero attached hydrogens (tertiary/aromatic N) is 2. The van der Waals surface area contributed by atoms with E-state index in [0.29, 0.717) is 42.9 Å². The van der Waals surface area contributed by atoms with Crippen molar-refractivity contribution in [3.05, 3.63) is 48.7 Å². The molecule has 2 aromatic carbocycles. The first kappa shape index (κ1) is 22.7. The highest BCUT2D eigenvalue weighted by Crippen LogP contribution is 2.33. The van der Waals surface area contributed by atoms with Crippen LogP contribution in [0.4, 0.5) is 5.69 Å². The summed E-state index contributed by atoms with van der Waals surface area (Å²) in [6.45, 7) is 5.27. The molecule has 2 aliphatic rings. The molecular weight excluding hydrogens is 450 g/mol. The number of carbonyl (C=O) groups excluding carboxylic acids is 2. The lowest BCUT2D eigenvalue weighted by Gasteiger charge is -2.30. The normalized spacial score (nSPS) is 16.0. The van der Waals surface area contributed by atoms with Crippen molar-refractivity contribution >= 4 is 40.2 Å². The number of para-hydroxylation sites is 1. The smallest absolute Gasteiger partial charge is 0.242 e. The van der Waals surface area contributed by atoms with Crippen molar-refractivity contribution in [1.82, 2.24) is 9.47 Å². The molecule has 5 rings (SSSR count). The Morgan fingerprint density at radius 3 is 2.65 bits per heavy atom. The van der Waals surface area contributed by atoms with Crippen LogP contribution in [0.1, 0.15) is 19.8 Å². The van der Waals surface area contributed by atoms with Crippen LogP contribution < -0.4 is 14.8 Å². The molecule has 3 heterocycles. The Morgan fingerprint density at radius 2 is 1.82 bits per heavy atom. The summed E-state index contributed by atoms with van der Waals surface area (Å²) < 4.78 is 13.1. The maximum atomic E-state index is 12.9. The van der Waals surface area contributed by atoms with Crippen LogP contribution in [0.5, 0.6) is 11.5 Å². The summed E-state index contributed by atoms with van der Waals surface area (Å²) in [4.78, 5) is 28.5. The highest BCUT2D eigenvalue weighted by atomic mass is 32.2. The number of piperidine rings is 1. The van der Waals surface area contributed by atoms with E-state index in [1.165, 1.54) is 11.8 Å². The number of hydrogen-bond donors (Lipinski definition) is 1. The molecule has 0 atom stereocenters. The summed E-state index contributed by atoms with van der Waals surface area (Å²) in [5, 5.41) is 3.99. The van der Waals surface area contributed by atoms with E-state index in [-0.39, 0.29) is 17.6 Å². The highest BCUT2D eigenvalue weighted by molar-refractivity contribution is 8.00. The topological polar surface area (TPSA) is 72.8 Å². The van der Waals surface area contributed by atoms with Gasteiger partial charge in [-0.15, -0.1) is 11.8 Å². The molecule has 2 aliphatic heterocycles. The van der Waals surface area contributed by atoms with Crippen LogP contribution in [0.3, 0.4) is 0 Å². The van der Waals surface area contributed by atoms with E-state index in [4.69, 9.17) is 9.47 Å². The molecule has 0 saturated carbocycles. The van der Waals surface area contributed by atoms with E-state index < -0.39 is 0 Å². The number of hydrogen-bond acceptors (Lipinski definition) is 5. The van der Waals surface area contributed by atoms with Gasteiger partial charge >= 0.3 is 0 Å². The molecule has 1 saturated heterocycles. The van der Waals surface area contributed by atoms with Crippen molar-refractivity contribution in [3.63, 3.8) is 0 Å². The Kier molecular flexibility index (Phi) is 6.67. The Hall–Kier alpha value is -3.13. The van der Waals surface area contributed by atoms with Gasteiger partial charge in [-0.2, -0.15) is 0 Å². The maximum absolute atomic E-state index is 12.9. The SMILES string of the molecule is CC1CCN(C(=O)Cn2cc(SCC(=O)Nc3ccc4c(c3)OCCO4)c3ccccc32)CC1. The van der Waals surface area contributed by atoms with Crippen LogP contribution >= 0.6 is 11.8 Å². The summed E-state index contributed by atoms with van der Waals surface area (Å²) in [6, 6.07) is 13.4. The van der Waals surface area contributed by atoms with Crippen LogP contribution in [0.2, 0.25) is 0 Å². The number of amides is 2. The van der Waals surface area contributed by atoms with Gasteiger partial charge in [-0.05, 0) is 37.0 Å². The van der Waals surface area contributed by atoms with Crippen molar-refractivity contribution in [1.29, 1.82) is 0 Å². The molecule has 178 valence electrons. The van der Waals surface area contributed by atoms with E-state index in [1.54, 1.807) is 6.07 Å². The minimum Gasteiger partial charge on any atom is -0.486 e. The van der Waals surface area contributed by atoms with Crippen molar-refractivity contribution in [2.75, 3.05) is 37.4 Å². The molecule has 3 aromatic rings. The number of rotatable bonds is 6. The zero-order valence-corrected chi connectivity index (χ0v) is 20.1. The van der Waals surface area contributed by atoms with Gasteiger partial charge in [0, 0.05) is 46.8 Å². The van der Waals surface area contributed by atoms with Gasteiger partial charge in [0.2, 0.25) is 11.8 Å².